The van der Waals surface area contributed by atoms with Gasteiger partial charge in [-0.15, -0.1) is 0 Å². The summed E-state index contributed by atoms with van der Waals surface area (Å²) in [7, 11) is -6.91. The fourth-order valence-corrected chi connectivity index (χ4v) is 3.56. The zero-order chi connectivity index (χ0) is 23.1. The molecule has 0 saturated carbocycles. The molecule has 0 atom stereocenters. The van der Waals surface area contributed by atoms with E-state index in [0.717, 1.165) is 6.07 Å². The highest BCUT2D eigenvalue weighted by Crippen LogP contribution is 2.31. The molecule has 0 radical (unpaired) electrons. The molecule has 0 saturated heterocycles. The van der Waals surface area contributed by atoms with Gasteiger partial charge >= 0.3 is 0 Å². The number of methoxy groups -OCH3 is 1. The van der Waals surface area contributed by atoms with E-state index in [1.807, 2.05) is 0 Å². The third-order valence-corrected chi connectivity index (χ3v) is 5.77. The van der Waals surface area contributed by atoms with Gasteiger partial charge in [-0.25, -0.2) is 0 Å². The molecule has 168 valence electrons. The van der Waals surface area contributed by atoms with Crippen LogP contribution in [0.3, 0.4) is 0 Å². The minimum atomic E-state index is -4.27. The van der Waals surface area contributed by atoms with Gasteiger partial charge in [0.05, 0.1) is 25.2 Å². The molecule has 0 spiro atoms. The van der Waals surface area contributed by atoms with Crippen LogP contribution in [0.15, 0.2) is 39.7 Å². The third kappa shape index (κ3) is 8.62. The molecule has 0 unspecified atom stereocenters. The van der Waals surface area contributed by atoms with Crippen LogP contribution < -0.4 is 26.7 Å². The smallest absolute Gasteiger partial charge is 0.298 e. The normalized spacial score (nSPS) is 11.3. The summed E-state index contributed by atoms with van der Waals surface area (Å²) in [6.07, 6.45) is 0.175. The molecule has 0 fully saturated rings. The van der Waals surface area contributed by atoms with E-state index in [1.54, 1.807) is 12.1 Å². The number of halogens is 1. The van der Waals surface area contributed by atoms with Crippen molar-refractivity contribution < 1.29 is 35.4 Å². The molecule has 0 heterocycles. The Balaban J connectivity index is 0.000000311. The van der Waals surface area contributed by atoms with Crippen molar-refractivity contribution in [1.82, 2.24) is 0 Å². The number of nitrogens with two attached hydrogens (primary N) is 3. The predicted octanol–water partition coefficient (Wildman–Crippen LogP) is 1.79. The average molecular weight is 528 g/mol. The summed E-state index contributed by atoms with van der Waals surface area (Å²) in [5.41, 5.74) is 17.8. The Kier molecular flexibility index (Phi) is 9.17. The Labute approximate surface area is 182 Å². The van der Waals surface area contributed by atoms with Crippen molar-refractivity contribution in [3.63, 3.8) is 0 Å². The maximum atomic E-state index is 10.8. The van der Waals surface area contributed by atoms with Gasteiger partial charge in [0, 0.05) is 21.9 Å². The van der Waals surface area contributed by atoms with Gasteiger partial charge < -0.3 is 26.7 Å². The van der Waals surface area contributed by atoms with E-state index in [2.05, 4.69) is 15.9 Å². The van der Waals surface area contributed by atoms with Crippen molar-refractivity contribution in [2.24, 2.45) is 0 Å². The number of benzene rings is 2. The second-order valence-corrected chi connectivity index (χ2v) is 9.60. The summed E-state index contributed by atoms with van der Waals surface area (Å²) in [5.74, 6) is 0.108. The van der Waals surface area contributed by atoms with Crippen LogP contribution in [0.5, 0.6) is 11.5 Å². The van der Waals surface area contributed by atoms with Gasteiger partial charge in [-0.2, -0.15) is 16.8 Å². The van der Waals surface area contributed by atoms with Crippen molar-refractivity contribution in [3.05, 3.63) is 34.8 Å². The minimum Gasteiger partial charge on any atom is -0.495 e. The Morgan fingerprint density at radius 2 is 1.60 bits per heavy atom. The van der Waals surface area contributed by atoms with Crippen LogP contribution in [0.2, 0.25) is 0 Å². The number of rotatable bonds is 7. The SMILES string of the molecule is COc1ccc(N)cc1S(=O)(=O)O.Nc1cc(OCCCS(=O)(=O)O)c(N)cc1Br. The molecule has 30 heavy (non-hydrogen) atoms. The number of hydrogen-bond donors (Lipinski definition) is 5. The van der Waals surface area contributed by atoms with Crippen molar-refractivity contribution in [1.29, 1.82) is 0 Å². The Hall–Kier alpha value is -2.26. The van der Waals surface area contributed by atoms with Gasteiger partial charge in [-0.05, 0) is 46.6 Å². The average Bonchev–Trinajstić information content (AvgIpc) is 2.61. The molecule has 11 nitrogen and oxygen atoms in total. The molecule has 2 rings (SSSR count). The van der Waals surface area contributed by atoms with Gasteiger partial charge in [0.25, 0.3) is 20.2 Å². The van der Waals surface area contributed by atoms with Gasteiger partial charge in [0.15, 0.2) is 0 Å². The first-order valence-electron chi connectivity index (χ1n) is 8.08. The van der Waals surface area contributed by atoms with Crippen molar-refractivity contribution in [2.45, 2.75) is 11.3 Å². The van der Waals surface area contributed by atoms with Crippen LogP contribution in [0.4, 0.5) is 17.1 Å². The monoisotopic (exact) mass is 527 g/mol. The summed E-state index contributed by atoms with van der Waals surface area (Å²) >= 11 is 3.22. The number of nitrogen functional groups attached to an aromatic ring is 3. The molecule has 0 bridgehead atoms. The molecule has 0 aromatic heterocycles. The lowest BCUT2D eigenvalue weighted by molar-refractivity contribution is 0.318. The van der Waals surface area contributed by atoms with Crippen LogP contribution in [0, 0.1) is 0 Å². The lowest BCUT2D eigenvalue weighted by Gasteiger charge is -2.10. The summed E-state index contributed by atoms with van der Waals surface area (Å²) in [6, 6.07) is 7.14. The predicted molar refractivity (Wildman–Crippen MR) is 117 cm³/mol. The lowest BCUT2D eigenvalue weighted by Crippen LogP contribution is -2.09. The Bertz CT molecular complexity index is 1090. The largest absolute Gasteiger partial charge is 0.495 e. The van der Waals surface area contributed by atoms with Gasteiger partial charge in [-0.1, -0.05) is 0 Å². The van der Waals surface area contributed by atoms with Crippen LogP contribution in [0.25, 0.3) is 0 Å². The van der Waals surface area contributed by atoms with Crippen LogP contribution >= 0.6 is 15.9 Å². The molecule has 2 aromatic carbocycles. The minimum absolute atomic E-state index is 0.0664. The molecule has 8 N–H and O–H groups in total. The zero-order valence-corrected chi connectivity index (χ0v) is 19.0. The summed E-state index contributed by atoms with van der Waals surface area (Å²) < 4.78 is 70.4. The molecule has 2 aromatic rings. The number of anilines is 3. The second-order valence-electron chi connectivity index (χ2n) is 5.78. The van der Waals surface area contributed by atoms with E-state index >= 15 is 0 Å². The van der Waals surface area contributed by atoms with Crippen LogP contribution in [-0.4, -0.2) is 45.4 Å². The quantitative estimate of drug-likeness (QED) is 0.199. The van der Waals surface area contributed by atoms with Crippen molar-refractivity contribution in [3.8, 4) is 11.5 Å². The highest BCUT2D eigenvalue weighted by atomic mass is 79.9. The maximum Gasteiger partial charge on any atom is 0.298 e. The van der Waals surface area contributed by atoms with Crippen LogP contribution in [0.1, 0.15) is 6.42 Å². The van der Waals surface area contributed by atoms with E-state index in [9.17, 15) is 16.8 Å². The van der Waals surface area contributed by atoms with Gasteiger partial charge in [-0.3, -0.25) is 9.11 Å². The number of ether oxygens (including phenoxy) is 2. The highest BCUT2D eigenvalue weighted by Gasteiger charge is 2.16. The van der Waals surface area contributed by atoms with Crippen molar-refractivity contribution in [2.75, 3.05) is 36.7 Å². The van der Waals surface area contributed by atoms with Gasteiger partial charge in [0.1, 0.15) is 16.4 Å². The first kappa shape index (κ1) is 25.8. The molecule has 0 aliphatic heterocycles. The standard InChI is InChI=1S/C9H13BrN2O4S.C7H9NO4S/c10-6-4-8(12)9(5-7(6)11)16-2-1-3-17(13,14)15;1-12-6-3-2-5(8)4-7(6)13(9,10)11/h4-5H,1-3,11-12H2,(H,13,14,15);2-4H,8H2,1H3,(H,9,10,11). The molecule has 0 aliphatic carbocycles. The van der Waals surface area contributed by atoms with Crippen LogP contribution in [-0.2, 0) is 20.2 Å². The topological polar surface area (TPSA) is 205 Å². The van der Waals surface area contributed by atoms with Gasteiger partial charge in [0.2, 0.25) is 0 Å². The fourth-order valence-electron chi connectivity index (χ4n) is 2.03. The van der Waals surface area contributed by atoms with E-state index in [0.29, 0.717) is 21.6 Å². The lowest BCUT2D eigenvalue weighted by atomic mass is 10.2. The first-order valence-corrected chi connectivity index (χ1v) is 11.9. The molecule has 0 amide bonds. The number of hydrogen-bond acceptors (Lipinski definition) is 9. The van der Waals surface area contributed by atoms with E-state index in [1.165, 1.54) is 19.2 Å². The van der Waals surface area contributed by atoms with Crippen molar-refractivity contribution >= 4 is 53.2 Å². The molecule has 0 aliphatic rings. The Morgan fingerprint density at radius 1 is 0.967 bits per heavy atom. The second kappa shape index (κ2) is 10.7. The fraction of sp³-hybridized carbons (Fsp3) is 0.250. The zero-order valence-electron chi connectivity index (χ0n) is 15.8. The summed E-state index contributed by atoms with van der Waals surface area (Å²) in [5, 5.41) is 0. The maximum absolute atomic E-state index is 10.8. The van der Waals surface area contributed by atoms with E-state index < -0.39 is 20.2 Å². The summed E-state index contributed by atoms with van der Waals surface area (Å²) in [4.78, 5) is -0.324. The first-order chi connectivity index (χ1) is 13.7. The summed E-state index contributed by atoms with van der Waals surface area (Å²) in [6.45, 7) is 0.130. The molecule has 14 heteroatoms. The Morgan fingerprint density at radius 3 is 2.13 bits per heavy atom. The molecular weight excluding hydrogens is 506 g/mol. The van der Waals surface area contributed by atoms with E-state index in [-0.39, 0.29) is 35.1 Å². The molecular formula is C16H22BrN3O8S2. The highest BCUT2D eigenvalue weighted by molar-refractivity contribution is 9.10. The third-order valence-electron chi connectivity index (χ3n) is 3.40. The van der Waals surface area contributed by atoms with E-state index in [4.69, 9.17) is 35.8 Å².